The zero-order valence-electron chi connectivity index (χ0n) is 12.7. The van der Waals surface area contributed by atoms with Crippen molar-refractivity contribution in [2.24, 2.45) is 0 Å². The van der Waals surface area contributed by atoms with E-state index < -0.39 is 11.4 Å². The summed E-state index contributed by atoms with van der Waals surface area (Å²) in [6.07, 6.45) is 0. The number of ether oxygens (including phenoxy) is 2. The van der Waals surface area contributed by atoms with Gasteiger partial charge < -0.3 is 14.6 Å². The van der Waals surface area contributed by atoms with Gasteiger partial charge in [-0.15, -0.1) is 0 Å². The third-order valence-electron chi connectivity index (χ3n) is 3.89. The molecule has 5 heteroatoms. The molecule has 0 aliphatic carbocycles. The number of hydrogen-bond acceptors (Lipinski definition) is 4. The Balaban J connectivity index is 1.83. The Kier molecular flexibility index (Phi) is 5.20. The van der Waals surface area contributed by atoms with E-state index in [2.05, 4.69) is 4.90 Å². The number of hydrogen-bond donors (Lipinski definition) is 1. The number of nitrogens with zero attached hydrogens (tertiary/aromatic N) is 1. The molecule has 0 spiro atoms. The van der Waals surface area contributed by atoms with Crippen LogP contribution in [-0.4, -0.2) is 55.4 Å². The minimum atomic E-state index is -0.883. The third-order valence-corrected chi connectivity index (χ3v) is 3.89. The Morgan fingerprint density at radius 3 is 2.48 bits per heavy atom. The first-order valence-electron chi connectivity index (χ1n) is 7.27. The van der Waals surface area contributed by atoms with Gasteiger partial charge in [-0.1, -0.05) is 12.1 Å². The van der Waals surface area contributed by atoms with Crippen molar-refractivity contribution in [2.45, 2.75) is 19.3 Å². The van der Waals surface area contributed by atoms with Crippen LogP contribution in [-0.2, 0) is 14.9 Å². The molecule has 1 aromatic carbocycles. The van der Waals surface area contributed by atoms with E-state index in [0.29, 0.717) is 6.61 Å². The highest BCUT2D eigenvalue weighted by Crippen LogP contribution is 2.25. The fraction of sp³-hybridized carbons (Fsp3) is 0.562. The van der Waals surface area contributed by atoms with Gasteiger partial charge in [0.2, 0.25) is 0 Å². The second-order valence-corrected chi connectivity index (χ2v) is 5.76. The smallest absolute Gasteiger partial charge is 0.313 e. The molecule has 1 fully saturated rings. The second kappa shape index (κ2) is 6.91. The molecule has 0 atom stereocenters. The lowest BCUT2D eigenvalue weighted by Crippen LogP contribution is -2.38. The molecule has 5 nitrogen and oxygen atoms in total. The summed E-state index contributed by atoms with van der Waals surface area (Å²) in [4.78, 5) is 13.5. The fourth-order valence-electron chi connectivity index (χ4n) is 2.21. The molecule has 116 valence electrons. The molecule has 21 heavy (non-hydrogen) atoms. The average Bonchev–Trinajstić information content (AvgIpc) is 2.49. The summed E-state index contributed by atoms with van der Waals surface area (Å²) in [6, 6.07) is 7.30. The maximum absolute atomic E-state index is 11.2. The summed E-state index contributed by atoms with van der Waals surface area (Å²) < 4.78 is 11.0. The van der Waals surface area contributed by atoms with Crippen molar-refractivity contribution in [2.75, 3.05) is 39.5 Å². The summed E-state index contributed by atoms with van der Waals surface area (Å²) in [5, 5.41) is 9.20. The molecule has 1 aliphatic rings. The molecule has 1 heterocycles. The largest absolute Gasteiger partial charge is 0.492 e. The molecule has 1 aliphatic heterocycles. The van der Waals surface area contributed by atoms with Gasteiger partial charge in [0.1, 0.15) is 12.4 Å². The molecule has 0 amide bonds. The highest BCUT2D eigenvalue weighted by atomic mass is 16.5. The third kappa shape index (κ3) is 4.19. The summed E-state index contributed by atoms with van der Waals surface area (Å²) in [6.45, 7) is 8.39. The van der Waals surface area contributed by atoms with Gasteiger partial charge in [-0.05, 0) is 31.5 Å². The summed E-state index contributed by atoms with van der Waals surface area (Å²) in [5.41, 5.74) is -0.109. The zero-order valence-corrected chi connectivity index (χ0v) is 12.7. The van der Waals surface area contributed by atoms with Crippen molar-refractivity contribution in [3.63, 3.8) is 0 Å². The molecule has 1 N–H and O–H groups in total. The first kappa shape index (κ1) is 15.8. The summed E-state index contributed by atoms with van der Waals surface area (Å²) in [7, 11) is 0. The predicted molar refractivity (Wildman–Crippen MR) is 79.9 cm³/mol. The van der Waals surface area contributed by atoms with Crippen molar-refractivity contribution in [3.8, 4) is 5.75 Å². The quantitative estimate of drug-likeness (QED) is 0.866. The standard InChI is InChI=1S/C16H23NO4/c1-16(2,15(18)19)13-3-5-14(6-4-13)21-12-9-17-7-10-20-11-8-17/h3-6H,7-12H2,1-2H3,(H,18,19). The van der Waals surface area contributed by atoms with E-state index in [0.717, 1.165) is 44.2 Å². The number of morpholine rings is 1. The first-order valence-corrected chi connectivity index (χ1v) is 7.27. The van der Waals surface area contributed by atoms with Gasteiger partial charge in [-0.25, -0.2) is 0 Å². The van der Waals surface area contributed by atoms with E-state index in [1.165, 1.54) is 0 Å². The van der Waals surface area contributed by atoms with E-state index in [9.17, 15) is 9.90 Å². The van der Waals surface area contributed by atoms with Gasteiger partial charge in [0.25, 0.3) is 0 Å². The zero-order chi connectivity index (χ0) is 15.3. The van der Waals surface area contributed by atoms with Crippen LogP contribution in [0.2, 0.25) is 0 Å². The van der Waals surface area contributed by atoms with Crippen LogP contribution in [0.5, 0.6) is 5.75 Å². The number of carboxylic acid groups (broad SMARTS) is 1. The lowest BCUT2D eigenvalue weighted by Gasteiger charge is -2.26. The molecule has 0 unspecified atom stereocenters. The van der Waals surface area contributed by atoms with Crippen LogP contribution >= 0.6 is 0 Å². The molecular weight excluding hydrogens is 270 g/mol. The van der Waals surface area contributed by atoms with E-state index >= 15 is 0 Å². The van der Waals surface area contributed by atoms with Crippen LogP contribution in [0.3, 0.4) is 0 Å². The van der Waals surface area contributed by atoms with Crippen LogP contribution in [0.4, 0.5) is 0 Å². The van der Waals surface area contributed by atoms with Gasteiger partial charge in [0.15, 0.2) is 0 Å². The Hall–Kier alpha value is -1.59. The minimum Gasteiger partial charge on any atom is -0.492 e. The number of carboxylic acids is 1. The number of carbonyl (C=O) groups is 1. The van der Waals surface area contributed by atoms with E-state index in [1.54, 1.807) is 13.8 Å². The Labute approximate surface area is 125 Å². The Morgan fingerprint density at radius 2 is 1.90 bits per heavy atom. The maximum atomic E-state index is 11.2. The van der Waals surface area contributed by atoms with E-state index in [4.69, 9.17) is 9.47 Å². The van der Waals surface area contributed by atoms with E-state index in [-0.39, 0.29) is 0 Å². The molecule has 1 saturated heterocycles. The van der Waals surface area contributed by atoms with Gasteiger partial charge >= 0.3 is 5.97 Å². The number of benzene rings is 1. The lowest BCUT2D eigenvalue weighted by molar-refractivity contribution is -0.142. The number of rotatable bonds is 6. The maximum Gasteiger partial charge on any atom is 0.313 e. The van der Waals surface area contributed by atoms with Crippen molar-refractivity contribution in [1.82, 2.24) is 4.90 Å². The molecular formula is C16H23NO4. The molecule has 0 radical (unpaired) electrons. The Bertz CT molecular complexity index is 464. The van der Waals surface area contributed by atoms with Crippen molar-refractivity contribution in [3.05, 3.63) is 29.8 Å². The topological polar surface area (TPSA) is 59.0 Å². The van der Waals surface area contributed by atoms with Crippen LogP contribution in [0.15, 0.2) is 24.3 Å². The molecule has 1 aromatic rings. The van der Waals surface area contributed by atoms with Crippen molar-refractivity contribution < 1.29 is 19.4 Å². The van der Waals surface area contributed by atoms with Crippen LogP contribution in [0, 0.1) is 0 Å². The van der Waals surface area contributed by atoms with Crippen molar-refractivity contribution >= 4 is 5.97 Å². The number of aliphatic carboxylic acids is 1. The molecule has 2 rings (SSSR count). The molecule has 0 aromatic heterocycles. The SMILES string of the molecule is CC(C)(C(=O)O)c1ccc(OCCN2CCOCC2)cc1. The fourth-order valence-corrected chi connectivity index (χ4v) is 2.21. The van der Waals surface area contributed by atoms with Crippen LogP contribution in [0.25, 0.3) is 0 Å². The highest BCUT2D eigenvalue weighted by molar-refractivity contribution is 5.80. The van der Waals surface area contributed by atoms with Gasteiger partial charge in [0.05, 0.1) is 18.6 Å². The highest BCUT2D eigenvalue weighted by Gasteiger charge is 2.29. The lowest BCUT2D eigenvalue weighted by atomic mass is 9.85. The summed E-state index contributed by atoms with van der Waals surface area (Å²) in [5.74, 6) is -0.0586. The molecule has 0 saturated carbocycles. The van der Waals surface area contributed by atoms with Crippen molar-refractivity contribution in [1.29, 1.82) is 0 Å². The van der Waals surface area contributed by atoms with E-state index in [1.807, 2.05) is 24.3 Å². The monoisotopic (exact) mass is 293 g/mol. The Morgan fingerprint density at radius 1 is 1.29 bits per heavy atom. The van der Waals surface area contributed by atoms with Gasteiger partial charge in [-0.3, -0.25) is 9.69 Å². The summed E-state index contributed by atoms with van der Waals surface area (Å²) >= 11 is 0. The first-order chi connectivity index (χ1) is 10.00. The molecule has 0 bridgehead atoms. The normalized spacial score (nSPS) is 16.7. The average molecular weight is 293 g/mol. The van der Waals surface area contributed by atoms with Crippen LogP contribution in [0.1, 0.15) is 19.4 Å². The van der Waals surface area contributed by atoms with Gasteiger partial charge in [-0.2, -0.15) is 0 Å². The van der Waals surface area contributed by atoms with Crippen LogP contribution < -0.4 is 4.74 Å². The second-order valence-electron chi connectivity index (χ2n) is 5.76. The minimum absolute atomic E-state index is 0.627. The van der Waals surface area contributed by atoms with Gasteiger partial charge in [0, 0.05) is 19.6 Å². The predicted octanol–water partition coefficient (Wildman–Crippen LogP) is 1.76.